The number of amides is 2. The molecule has 30 heavy (non-hydrogen) atoms. The van der Waals surface area contributed by atoms with Crippen molar-refractivity contribution >= 4 is 17.9 Å². The molecule has 154 valence electrons. The van der Waals surface area contributed by atoms with Crippen LogP contribution in [0.15, 0.2) is 48.7 Å². The molecule has 3 aliphatic rings. The summed E-state index contributed by atoms with van der Waals surface area (Å²) in [6, 6.07) is 9.71. The van der Waals surface area contributed by atoms with Gasteiger partial charge < -0.3 is 5.11 Å². The minimum absolute atomic E-state index is 0.107. The van der Waals surface area contributed by atoms with Crippen LogP contribution in [0.2, 0.25) is 0 Å². The fourth-order valence-electron chi connectivity index (χ4n) is 5.17. The SMILES string of the molecule is CN1C(=O)C2C3CC(O)CN3C(/C=C/c3ccc(-c4cccc(F)c4)cn3)[C@H]2C1=O. The molecule has 0 aliphatic carbocycles. The Morgan fingerprint density at radius 3 is 2.67 bits per heavy atom. The zero-order valence-corrected chi connectivity index (χ0v) is 16.5. The Balaban J connectivity index is 1.40. The Labute approximate surface area is 173 Å². The third kappa shape index (κ3) is 2.97. The van der Waals surface area contributed by atoms with Crippen molar-refractivity contribution in [1.29, 1.82) is 0 Å². The Hall–Kier alpha value is -2.90. The minimum atomic E-state index is -0.482. The van der Waals surface area contributed by atoms with E-state index in [4.69, 9.17) is 0 Å². The molecule has 4 heterocycles. The first-order valence-corrected chi connectivity index (χ1v) is 10.1. The number of hydrogen-bond donors (Lipinski definition) is 1. The first kappa shape index (κ1) is 19.1. The van der Waals surface area contributed by atoms with Gasteiger partial charge in [-0.05, 0) is 36.3 Å². The second-order valence-corrected chi connectivity index (χ2v) is 8.27. The summed E-state index contributed by atoms with van der Waals surface area (Å²) in [4.78, 5) is 33.0. The van der Waals surface area contributed by atoms with E-state index in [1.807, 2.05) is 30.4 Å². The van der Waals surface area contributed by atoms with Crippen LogP contribution < -0.4 is 0 Å². The van der Waals surface area contributed by atoms with Gasteiger partial charge in [-0.2, -0.15) is 0 Å². The van der Waals surface area contributed by atoms with E-state index in [0.717, 1.165) is 11.1 Å². The molecule has 3 aliphatic heterocycles. The second-order valence-electron chi connectivity index (χ2n) is 8.27. The third-order valence-electron chi connectivity index (χ3n) is 6.55. The van der Waals surface area contributed by atoms with Crippen molar-refractivity contribution in [2.75, 3.05) is 13.6 Å². The van der Waals surface area contributed by atoms with Gasteiger partial charge in [0.15, 0.2) is 0 Å². The number of imide groups is 1. The maximum absolute atomic E-state index is 13.4. The van der Waals surface area contributed by atoms with E-state index in [1.54, 1.807) is 12.3 Å². The van der Waals surface area contributed by atoms with E-state index in [-0.39, 0.29) is 29.7 Å². The lowest BCUT2D eigenvalue weighted by atomic mass is 9.87. The predicted octanol–water partition coefficient (Wildman–Crippen LogP) is 1.95. The van der Waals surface area contributed by atoms with Crippen LogP contribution in [0.3, 0.4) is 0 Å². The highest BCUT2D eigenvalue weighted by Crippen LogP contribution is 2.46. The van der Waals surface area contributed by atoms with Gasteiger partial charge in [-0.3, -0.25) is 24.4 Å². The average molecular weight is 407 g/mol. The zero-order valence-electron chi connectivity index (χ0n) is 16.5. The first-order chi connectivity index (χ1) is 14.4. The summed E-state index contributed by atoms with van der Waals surface area (Å²) in [6.07, 6.45) is 5.49. The van der Waals surface area contributed by atoms with Crippen molar-refractivity contribution in [3.63, 3.8) is 0 Å². The van der Waals surface area contributed by atoms with Crippen LogP contribution in [-0.2, 0) is 9.59 Å². The van der Waals surface area contributed by atoms with Crippen molar-refractivity contribution in [3.05, 3.63) is 60.2 Å². The van der Waals surface area contributed by atoms with E-state index in [9.17, 15) is 19.1 Å². The molecule has 4 unspecified atom stereocenters. The summed E-state index contributed by atoms with van der Waals surface area (Å²) in [5.74, 6) is -1.41. The molecule has 1 aromatic carbocycles. The summed E-state index contributed by atoms with van der Waals surface area (Å²) < 4.78 is 13.4. The molecule has 0 radical (unpaired) electrons. The highest BCUT2D eigenvalue weighted by atomic mass is 19.1. The molecule has 2 amide bonds. The topological polar surface area (TPSA) is 73.7 Å². The molecule has 0 spiro atoms. The molecule has 3 saturated heterocycles. The molecule has 0 saturated carbocycles. The average Bonchev–Trinajstić information content (AvgIpc) is 3.32. The standard InChI is InChI=1S/C23H22FN3O3/c1-26-22(29)20-18(27-12-17(28)10-19(27)21(20)23(26)30)8-7-16-6-5-14(11-25-16)13-3-2-4-15(24)9-13/h2-9,11,17-21,28H,10,12H2,1H3/b8-7+/t17?,18?,19?,20-,21?/m1/s1. The maximum Gasteiger partial charge on any atom is 0.234 e. The van der Waals surface area contributed by atoms with Gasteiger partial charge in [0.05, 0.1) is 23.6 Å². The molecule has 1 aromatic heterocycles. The third-order valence-corrected chi connectivity index (χ3v) is 6.55. The lowest BCUT2D eigenvalue weighted by Gasteiger charge is -2.25. The van der Waals surface area contributed by atoms with E-state index in [1.165, 1.54) is 24.1 Å². The van der Waals surface area contributed by atoms with Gasteiger partial charge in [0.2, 0.25) is 11.8 Å². The zero-order chi connectivity index (χ0) is 21.0. The Morgan fingerprint density at radius 2 is 1.93 bits per heavy atom. The van der Waals surface area contributed by atoms with Crippen LogP contribution in [0.25, 0.3) is 17.2 Å². The summed E-state index contributed by atoms with van der Waals surface area (Å²) >= 11 is 0. The molecule has 0 bridgehead atoms. The normalized spacial score (nSPS) is 31.0. The van der Waals surface area contributed by atoms with Gasteiger partial charge in [-0.25, -0.2) is 4.39 Å². The lowest BCUT2D eigenvalue weighted by Crippen LogP contribution is -2.40. The number of rotatable bonds is 3. The lowest BCUT2D eigenvalue weighted by molar-refractivity contribution is -0.139. The maximum atomic E-state index is 13.4. The molecule has 5 atom stereocenters. The largest absolute Gasteiger partial charge is 0.392 e. The number of hydrogen-bond acceptors (Lipinski definition) is 5. The van der Waals surface area contributed by atoms with Crippen molar-refractivity contribution in [1.82, 2.24) is 14.8 Å². The predicted molar refractivity (Wildman–Crippen MR) is 108 cm³/mol. The summed E-state index contributed by atoms with van der Waals surface area (Å²) in [5, 5.41) is 10.1. The first-order valence-electron chi connectivity index (χ1n) is 10.1. The quantitative estimate of drug-likeness (QED) is 0.788. The smallest absolute Gasteiger partial charge is 0.234 e. The van der Waals surface area contributed by atoms with Crippen molar-refractivity contribution in [2.45, 2.75) is 24.6 Å². The van der Waals surface area contributed by atoms with Gasteiger partial charge in [0.25, 0.3) is 0 Å². The minimum Gasteiger partial charge on any atom is -0.392 e. The Morgan fingerprint density at radius 1 is 1.13 bits per heavy atom. The number of fused-ring (bicyclic) bond motifs is 3. The Kier molecular flexibility index (Phi) is 4.52. The number of pyridine rings is 1. The van der Waals surface area contributed by atoms with Gasteiger partial charge in [0.1, 0.15) is 5.82 Å². The summed E-state index contributed by atoms with van der Waals surface area (Å²) in [7, 11) is 1.53. The molecule has 7 heteroatoms. The number of carbonyl (C=O) groups is 2. The van der Waals surface area contributed by atoms with Crippen LogP contribution in [0.4, 0.5) is 4.39 Å². The second kappa shape index (κ2) is 7.11. The van der Waals surface area contributed by atoms with Crippen LogP contribution in [0, 0.1) is 17.7 Å². The number of benzene rings is 1. The molecular formula is C23H22FN3O3. The summed E-state index contributed by atoms with van der Waals surface area (Å²) in [5.41, 5.74) is 2.28. The van der Waals surface area contributed by atoms with E-state index in [0.29, 0.717) is 18.7 Å². The van der Waals surface area contributed by atoms with E-state index >= 15 is 0 Å². The highest BCUT2D eigenvalue weighted by molar-refractivity contribution is 6.06. The van der Waals surface area contributed by atoms with Gasteiger partial charge in [0, 0.05) is 37.4 Å². The van der Waals surface area contributed by atoms with Crippen LogP contribution in [0.5, 0.6) is 0 Å². The molecule has 3 fully saturated rings. The highest BCUT2D eigenvalue weighted by Gasteiger charge is 2.62. The van der Waals surface area contributed by atoms with E-state index in [2.05, 4.69) is 9.88 Å². The number of aliphatic hydroxyl groups is 1. The summed E-state index contributed by atoms with van der Waals surface area (Å²) in [6.45, 7) is 0.461. The molecule has 5 rings (SSSR count). The van der Waals surface area contributed by atoms with Crippen LogP contribution >= 0.6 is 0 Å². The van der Waals surface area contributed by atoms with Crippen LogP contribution in [0.1, 0.15) is 12.1 Å². The number of halogens is 1. The van der Waals surface area contributed by atoms with Crippen molar-refractivity contribution < 1.29 is 19.1 Å². The molecule has 1 N–H and O–H groups in total. The van der Waals surface area contributed by atoms with Crippen molar-refractivity contribution in [3.8, 4) is 11.1 Å². The molecule has 2 aromatic rings. The van der Waals surface area contributed by atoms with Gasteiger partial charge in [-0.15, -0.1) is 0 Å². The molecule has 6 nitrogen and oxygen atoms in total. The number of carbonyl (C=O) groups excluding carboxylic acids is 2. The molecular weight excluding hydrogens is 385 g/mol. The van der Waals surface area contributed by atoms with E-state index < -0.39 is 17.9 Å². The number of aromatic nitrogens is 1. The van der Waals surface area contributed by atoms with Crippen molar-refractivity contribution in [2.24, 2.45) is 11.8 Å². The fraction of sp³-hybridized carbons (Fsp3) is 0.348. The number of aliphatic hydroxyl groups excluding tert-OH is 1. The fourth-order valence-corrected chi connectivity index (χ4v) is 5.17. The number of nitrogens with zero attached hydrogens (tertiary/aromatic N) is 3. The van der Waals surface area contributed by atoms with Gasteiger partial charge in [-0.1, -0.05) is 24.3 Å². The number of likely N-dealkylation sites (tertiary alicyclic amines) is 1. The van der Waals surface area contributed by atoms with Gasteiger partial charge >= 0.3 is 0 Å². The monoisotopic (exact) mass is 407 g/mol. The van der Waals surface area contributed by atoms with Crippen LogP contribution in [-0.4, -0.2) is 63.5 Å². The Bertz CT molecular complexity index is 1040.